The number of anilines is 3. The predicted molar refractivity (Wildman–Crippen MR) is 253 cm³/mol. The van der Waals surface area contributed by atoms with Crippen molar-refractivity contribution in [2.45, 2.75) is 42.1 Å². The highest BCUT2D eigenvalue weighted by Gasteiger charge is 2.23. The number of hydrogen-bond donors (Lipinski definition) is 6. The summed E-state index contributed by atoms with van der Waals surface area (Å²) in [6, 6.07) is 34.1. The van der Waals surface area contributed by atoms with E-state index >= 15 is 0 Å². The van der Waals surface area contributed by atoms with Gasteiger partial charge in [-0.1, -0.05) is 42.1 Å². The van der Waals surface area contributed by atoms with Crippen LogP contribution in [0.2, 0.25) is 0 Å². The summed E-state index contributed by atoms with van der Waals surface area (Å²) < 4.78 is 5.40. The summed E-state index contributed by atoms with van der Waals surface area (Å²) in [4.78, 5) is 51.4. The third kappa shape index (κ3) is 9.99. The van der Waals surface area contributed by atoms with Gasteiger partial charge in [0.1, 0.15) is 11.5 Å². The van der Waals surface area contributed by atoms with Crippen molar-refractivity contribution in [2.75, 3.05) is 56.6 Å². The molecule has 0 spiro atoms. The summed E-state index contributed by atoms with van der Waals surface area (Å²) in [5.74, 6) is 0.0605. The van der Waals surface area contributed by atoms with Gasteiger partial charge in [0.2, 0.25) is 5.56 Å². The molecule has 1 saturated heterocycles. The molecule has 328 valence electrons. The minimum absolute atomic E-state index is 0.00243. The number of piperazine rings is 1. The molecule has 1 aliphatic heterocycles. The number of aryl methyl sites for hydroxylation is 2. The number of amides is 2. The summed E-state index contributed by atoms with van der Waals surface area (Å²) >= 11 is 1.54. The molecule has 13 nitrogen and oxygen atoms in total. The lowest BCUT2D eigenvalue weighted by atomic mass is 10.0. The van der Waals surface area contributed by atoms with Crippen LogP contribution in [-0.2, 0) is 6.42 Å². The van der Waals surface area contributed by atoms with Gasteiger partial charge in [0, 0.05) is 88.6 Å². The number of aromatic amines is 1. The van der Waals surface area contributed by atoms with Crippen molar-refractivity contribution in [3.8, 4) is 11.5 Å². The smallest absolute Gasteiger partial charge is 0.254 e. The Morgan fingerprint density at radius 2 is 1.70 bits per heavy atom. The molecule has 64 heavy (non-hydrogen) atoms. The Morgan fingerprint density at radius 3 is 2.48 bits per heavy atom. The summed E-state index contributed by atoms with van der Waals surface area (Å²) in [7, 11) is 1.60. The molecule has 1 unspecified atom stereocenters. The number of benzene rings is 5. The van der Waals surface area contributed by atoms with E-state index in [1.54, 1.807) is 31.0 Å². The Kier molecular flexibility index (Phi) is 13.5. The lowest BCUT2D eigenvalue weighted by Gasteiger charge is -2.36. The number of phenols is 1. The van der Waals surface area contributed by atoms with Gasteiger partial charge >= 0.3 is 0 Å². The molecule has 1 aliphatic rings. The van der Waals surface area contributed by atoms with E-state index in [1.165, 1.54) is 23.9 Å². The molecule has 0 saturated carbocycles. The number of pyridine rings is 2. The lowest BCUT2D eigenvalue weighted by molar-refractivity contribution is 0.0746. The minimum atomic E-state index is -0.783. The molecular weight excluding hydrogens is 827 g/mol. The van der Waals surface area contributed by atoms with E-state index in [0.29, 0.717) is 53.1 Å². The Morgan fingerprint density at radius 1 is 0.906 bits per heavy atom. The van der Waals surface area contributed by atoms with Crippen LogP contribution < -0.4 is 31.6 Å². The first kappa shape index (κ1) is 43.8. The standard InChI is InChI=1S/C50H51N7O6S/c1-31-25-38(28-41-46(31)53-29-42(49(51)61)47(41)54-34-9-6-10-36(27-34)63-2)64-37-11-5-8-33(26-37)50(62)57-23-21-56(22-24-57)35-14-12-32(13-15-35)7-3-4-20-52-30-44(59)39-16-18-43(58)48-40(39)17-19-45(60)55-48/h5-6,8-19,25-29,44,52,58-59H,3-4,7,20-24,30H2,1-2H3,(H2,51,61)(H,53,54)(H,55,60). The van der Waals surface area contributed by atoms with E-state index in [-0.39, 0.29) is 22.8 Å². The van der Waals surface area contributed by atoms with Crippen LogP contribution in [0.4, 0.5) is 17.1 Å². The van der Waals surface area contributed by atoms with E-state index in [2.05, 4.69) is 55.8 Å². The lowest BCUT2D eigenvalue weighted by Crippen LogP contribution is -2.48. The Labute approximate surface area is 375 Å². The first-order valence-corrected chi connectivity index (χ1v) is 22.2. The van der Waals surface area contributed by atoms with Crippen molar-refractivity contribution in [3.05, 3.63) is 154 Å². The quantitative estimate of drug-likeness (QED) is 0.0523. The first-order chi connectivity index (χ1) is 31.0. The number of aromatic hydroxyl groups is 1. The third-order valence-corrected chi connectivity index (χ3v) is 12.6. The van der Waals surface area contributed by atoms with Gasteiger partial charge in [-0.25, -0.2) is 0 Å². The first-order valence-electron chi connectivity index (χ1n) is 21.3. The van der Waals surface area contributed by atoms with Crippen LogP contribution in [0.3, 0.4) is 0 Å². The molecule has 2 amide bonds. The minimum Gasteiger partial charge on any atom is -0.506 e. The van der Waals surface area contributed by atoms with E-state index in [9.17, 15) is 24.6 Å². The molecule has 5 aromatic carbocycles. The molecule has 3 heterocycles. The van der Waals surface area contributed by atoms with Gasteiger partial charge in [-0.15, -0.1) is 0 Å². The molecule has 0 aliphatic carbocycles. The van der Waals surface area contributed by atoms with Gasteiger partial charge in [0.05, 0.1) is 35.5 Å². The van der Waals surface area contributed by atoms with E-state index in [4.69, 9.17) is 10.5 Å². The number of ether oxygens (including phenoxy) is 1. The number of H-pyrrole nitrogens is 1. The fourth-order valence-electron chi connectivity index (χ4n) is 8.20. The number of fused-ring (bicyclic) bond motifs is 2. The summed E-state index contributed by atoms with van der Waals surface area (Å²) in [5.41, 5.74) is 12.8. The molecule has 1 fully saturated rings. The number of unbranched alkanes of at least 4 members (excludes halogenated alkanes) is 1. The number of methoxy groups -OCH3 is 1. The van der Waals surface area contributed by atoms with Crippen LogP contribution in [0.25, 0.3) is 21.8 Å². The number of phenolic OH excluding ortho intramolecular Hbond substituents is 1. The average molecular weight is 878 g/mol. The number of carbonyl (C=O) groups is 2. The number of rotatable bonds is 16. The molecule has 7 N–H and O–H groups in total. The van der Waals surface area contributed by atoms with E-state index in [1.807, 2.05) is 66.4 Å². The van der Waals surface area contributed by atoms with Gasteiger partial charge in [-0.2, -0.15) is 0 Å². The highest BCUT2D eigenvalue weighted by atomic mass is 32.2. The van der Waals surface area contributed by atoms with Crippen LogP contribution in [0, 0.1) is 6.92 Å². The van der Waals surface area contributed by atoms with Gasteiger partial charge in [0.25, 0.3) is 11.8 Å². The van der Waals surface area contributed by atoms with E-state index in [0.717, 1.165) is 76.5 Å². The highest BCUT2D eigenvalue weighted by molar-refractivity contribution is 7.99. The number of primary amides is 1. The maximum Gasteiger partial charge on any atom is 0.254 e. The number of nitrogens with two attached hydrogens (primary N) is 1. The molecule has 8 rings (SSSR count). The van der Waals surface area contributed by atoms with Crippen molar-refractivity contribution in [2.24, 2.45) is 5.73 Å². The summed E-state index contributed by atoms with van der Waals surface area (Å²) in [6.45, 7) is 5.80. The second-order valence-electron chi connectivity index (χ2n) is 15.9. The van der Waals surface area contributed by atoms with Crippen molar-refractivity contribution in [3.63, 3.8) is 0 Å². The topological polar surface area (TPSA) is 186 Å². The van der Waals surface area contributed by atoms with Crippen molar-refractivity contribution in [1.82, 2.24) is 20.2 Å². The maximum absolute atomic E-state index is 13.8. The number of nitrogens with one attached hydrogen (secondary N) is 3. The number of aliphatic hydroxyl groups excluding tert-OH is 1. The predicted octanol–water partition coefficient (Wildman–Crippen LogP) is 7.70. The fourth-order valence-corrected chi connectivity index (χ4v) is 9.22. The second kappa shape index (κ2) is 19.7. The zero-order valence-electron chi connectivity index (χ0n) is 35.8. The average Bonchev–Trinajstić information content (AvgIpc) is 3.30. The summed E-state index contributed by atoms with van der Waals surface area (Å²) in [5, 5.41) is 29.0. The van der Waals surface area contributed by atoms with Crippen LogP contribution in [-0.4, -0.2) is 83.3 Å². The molecule has 14 heteroatoms. The molecule has 7 aromatic rings. The molecule has 0 bridgehead atoms. The molecule has 1 atom stereocenters. The molecule has 2 aromatic heterocycles. The molecular formula is C50H51N7O6S. The number of nitrogens with zero attached hydrogens (tertiary/aromatic N) is 3. The zero-order chi connectivity index (χ0) is 44.7. The van der Waals surface area contributed by atoms with Gasteiger partial charge in [-0.05, 0) is 116 Å². The number of hydrogen-bond acceptors (Lipinski definition) is 11. The zero-order valence-corrected chi connectivity index (χ0v) is 36.6. The Hall–Kier alpha value is -6.87. The third-order valence-electron chi connectivity index (χ3n) is 11.6. The second-order valence-corrected chi connectivity index (χ2v) is 17.1. The van der Waals surface area contributed by atoms with Gasteiger partial charge in [0.15, 0.2) is 0 Å². The monoisotopic (exact) mass is 877 g/mol. The SMILES string of the molecule is COc1cccc(Nc2c(C(N)=O)cnc3c(C)cc(Sc4cccc(C(=O)N5CCN(c6ccc(CCCCNCC(O)c7ccc(O)c8[nH]c(=O)ccc78)cc6)CC5)c4)cc23)c1. The van der Waals surface area contributed by atoms with Crippen LogP contribution in [0.1, 0.15) is 56.4 Å². The Bertz CT molecular complexity index is 2880. The number of aliphatic hydroxyl groups is 1. The normalized spacial score (nSPS) is 13.3. The van der Waals surface area contributed by atoms with Crippen molar-refractivity contribution < 1.29 is 24.5 Å². The van der Waals surface area contributed by atoms with Gasteiger partial charge < -0.3 is 46.1 Å². The number of aromatic nitrogens is 2. The Balaban J connectivity index is 0.824. The van der Waals surface area contributed by atoms with Crippen LogP contribution in [0.5, 0.6) is 11.5 Å². The van der Waals surface area contributed by atoms with Gasteiger partial charge in [-0.3, -0.25) is 19.4 Å². The van der Waals surface area contributed by atoms with Crippen LogP contribution in [0.15, 0.2) is 130 Å². The van der Waals surface area contributed by atoms with Crippen molar-refractivity contribution in [1.29, 1.82) is 0 Å². The number of carbonyl (C=O) groups excluding carboxylic acids is 2. The maximum atomic E-state index is 13.8. The highest BCUT2D eigenvalue weighted by Crippen LogP contribution is 2.37. The largest absolute Gasteiger partial charge is 0.506 e. The summed E-state index contributed by atoms with van der Waals surface area (Å²) in [6.07, 6.45) is 3.60. The van der Waals surface area contributed by atoms with Crippen molar-refractivity contribution >= 4 is 62.4 Å². The van der Waals surface area contributed by atoms with Crippen LogP contribution >= 0.6 is 11.8 Å². The molecule has 0 radical (unpaired) electrons. The fraction of sp³-hybridized carbons (Fsp3) is 0.240. The van der Waals surface area contributed by atoms with E-state index < -0.39 is 12.0 Å².